The molecule has 0 bridgehead atoms. The van der Waals surface area contributed by atoms with E-state index in [1.807, 2.05) is 13.8 Å². The third kappa shape index (κ3) is 6.54. The molecule has 2 unspecified atom stereocenters. The normalized spacial score (nSPS) is 12.7. The standard InChI is InChI=1S/C16H24FN3O2.ClH/c1-4-10(2)14(18)16(22)20-8-7-19-15(21)12-6-5-11(3)13(17)9-12;/h5-6,9-10,14H,4,7-8,18H2,1-3H3,(H,19,21)(H,20,22);1H. The molecule has 0 aliphatic heterocycles. The zero-order valence-corrected chi connectivity index (χ0v) is 14.5. The Kier molecular flexibility index (Phi) is 9.44. The quantitative estimate of drug-likeness (QED) is 0.658. The first-order chi connectivity index (χ1) is 10.4. The maximum Gasteiger partial charge on any atom is 0.251 e. The molecule has 2 atom stereocenters. The molecule has 2 amide bonds. The van der Waals surface area contributed by atoms with E-state index in [0.717, 1.165) is 6.42 Å². The van der Waals surface area contributed by atoms with E-state index in [4.69, 9.17) is 5.73 Å². The van der Waals surface area contributed by atoms with Crippen LogP contribution >= 0.6 is 12.4 Å². The van der Waals surface area contributed by atoms with Gasteiger partial charge in [0, 0.05) is 18.7 Å². The first-order valence-corrected chi connectivity index (χ1v) is 7.44. The molecule has 0 heterocycles. The molecular formula is C16H25ClFN3O2. The van der Waals surface area contributed by atoms with Gasteiger partial charge in [0.1, 0.15) is 5.82 Å². The predicted octanol–water partition coefficient (Wildman–Crippen LogP) is 1.78. The summed E-state index contributed by atoms with van der Waals surface area (Å²) in [6, 6.07) is 3.76. The van der Waals surface area contributed by atoms with Crippen molar-refractivity contribution in [2.75, 3.05) is 13.1 Å². The number of aryl methyl sites for hydroxylation is 1. The number of hydrogen-bond donors (Lipinski definition) is 3. The van der Waals surface area contributed by atoms with Gasteiger partial charge in [-0.1, -0.05) is 26.3 Å². The van der Waals surface area contributed by atoms with Gasteiger partial charge in [-0.2, -0.15) is 0 Å². The molecule has 1 aromatic carbocycles. The number of carbonyl (C=O) groups excluding carboxylic acids is 2. The third-order valence-corrected chi connectivity index (χ3v) is 3.70. The highest BCUT2D eigenvalue weighted by Gasteiger charge is 2.18. The number of amides is 2. The fourth-order valence-electron chi connectivity index (χ4n) is 1.83. The molecule has 0 fully saturated rings. The second-order valence-corrected chi connectivity index (χ2v) is 5.42. The smallest absolute Gasteiger partial charge is 0.251 e. The number of nitrogens with two attached hydrogens (primary N) is 1. The van der Waals surface area contributed by atoms with E-state index >= 15 is 0 Å². The number of rotatable bonds is 7. The fourth-order valence-corrected chi connectivity index (χ4v) is 1.83. The van der Waals surface area contributed by atoms with Crippen molar-refractivity contribution in [3.8, 4) is 0 Å². The van der Waals surface area contributed by atoms with Gasteiger partial charge >= 0.3 is 0 Å². The maximum atomic E-state index is 13.4. The van der Waals surface area contributed by atoms with Crippen molar-refractivity contribution < 1.29 is 14.0 Å². The van der Waals surface area contributed by atoms with Crippen LogP contribution in [0, 0.1) is 18.7 Å². The van der Waals surface area contributed by atoms with Gasteiger partial charge in [-0.05, 0) is 30.5 Å². The molecule has 0 saturated heterocycles. The highest BCUT2D eigenvalue weighted by molar-refractivity contribution is 5.94. The van der Waals surface area contributed by atoms with E-state index in [9.17, 15) is 14.0 Å². The Morgan fingerprint density at radius 3 is 2.43 bits per heavy atom. The summed E-state index contributed by atoms with van der Waals surface area (Å²) in [6.45, 7) is 6.06. The van der Waals surface area contributed by atoms with Crippen LogP contribution in [0.2, 0.25) is 0 Å². The zero-order chi connectivity index (χ0) is 16.7. The lowest BCUT2D eigenvalue weighted by atomic mass is 9.99. The number of hydrogen-bond acceptors (Lipinski definition) is 3. The van der Waals surface area contributed by atoms with Gasteiger partial charge in [-0.25, -0.2) is 4.39 Å². The van der Waals surface area contributed by atoms with Gasteiger partial charge < -0.3 is 16.4 Å². The molecule has 0 radical (unpaired) electrons. The van der Waals surface area contributed by atoms with Gasteiger partial charge in [0.15, 0.2) is 0 Å². The second kappa shape index (κ2) is 10.2. The van der Waals surface area contributed by atoms with Gasteiger partial charge in [-0.15, -0.1) is 12.4 Å². The Morgan fingerprint density at radius 1 is 1.26 bits per heavy atom. The minimum atomic E-state index is -0.549. The average Bonchev–Trinajstić information content (AvgIpc) is 2.52. The number of nitrogens with one attached hydrogen (secondary N) is 2. The van der Waals surface area contributed by atoms with Gasteiger partial charge in [0.05, 0.1) is 6.04 Å². The molecule has 0 spiro atoms. The highest BCUT2D eigenvalue weighted by Crippen LogP contribution is 2.09. The highest BCUT2D eigenvalue weighted by atomic mass is 35.5. The van der Waals surface area contributed by atoms with Crippen LogP contribution in [0.25, 0.3) is 0 Å². The van der Waals surface area contributed by atoms with Crippen molar-refractivity contribution in [1.82, 2.24) is 10.6 Å². The molecule has 5 nitrogen and oxygen atoms in total. The van der Waals surface area contributed by atoms with Crippen molar-refractivity contribution in [2.45, 2.75) is 33.2 Å². The summed E-state index contributed by atoms with van der Waals surface area (Å²) in [7, 11) is 0. The summed E-state index contributed by atoms with van der Waals surface area (Å²) in [5, 5.41) is 5.29. The van der Waals surface area contributed by atoms with E-state index in [0.29, 0.717) is 5.56 Å². The third-order valence-electron chi connectivity index (χ3n) is 3.70. The summed E-state index contributed by atoms with van der Waals surface area (Å²) < 4.78 is 13.4. The average molecular weight is 346 g/mol. The van der Waals surface area contributed by atoms with Crippen LogP contribution in [-0.2, 0) is 4.79 Å². The summed E-state index contributed by atoms with van der Waals surface area (Å²) in [4.78, 5) is 23.6. The van der Waals surface area contributed by atoms with E-state index in [1.165, 1.54) is 6.07 Å². The predicted molar refractivity (Wildman–Crippen MR) is 91.2 cm³/mol. The molecule has 4 N–H and O–H groups in total. The Bertz CT molecular complexity index is 540. The molecule has 7 heteroatoms. The number of carbonyl (C=O) groups is 2. The van der Waals surface area contributed by atoms with E-state index < -0.39 is 11.9 Å². The van der Waals surface area contributed by atoms with Crippen LogP contribution in [0.5, 0.6) is 0 Å². The van der Waals surface area contributed by atoms with Crippen molar-refractivity contribution >= 4 is 24.2 Å². The molecule has 0 aromatic heterocycles. The van der Waals surface area contributed by atoms with E-state index in [-0.39, 0.29) is 48.8 Å². The van der Waals surface area contributed by atoms with Crippen LogP contribution in [0.3, 0.4) is 0 Å². The van der Waals surface area contributed by atoms with E-state index in [1.54, 1.807) is 19.1 Å². The lowest BCUT2D eigenvalue weighted by Gasteiger charge is -2.17. The minimum Gasteiger partial charge on any atom is -0.353 e. The minimum absolute atomic E-state index is 0. The number of benzene rings is 1. The summed E-state index contributed by atoms with van der Waals surface area (Å²) in [5.74, 6) is -0.921. The summed E-state index contributed by atoms with van der Waals surface area (Å²) >= 11 is 0. The van der Waals surface area contributed by atoms with Crippen LogP contribution in [0.4, 0.5) is 4.39 Å². The maximum absolute atomic E-state index is 13.4. The Labute approximate surface area is 142 Å². The lowest BCUT2D eigenvalue weighted by Crippen LogP contribution is -2.46. The molecule has 1 aromatic rings. The molecule has 0 saturated carbocycles. The van der Waals surface area contributed by atoms with Gasteiger partial charge in [-0.3, -0.25) is 9.59 Å². The van der Waals surface area contributed by atoms with Crippen molar-refractivity contribution in [3.05, 3.63) is 35.1 Å². The monoisotopic (exact) mass is 345 g/mol. The molecular weight excluding hydrogens is 321 g/mol. The molecule has 0 aliphatic carbocycles. The Hall–Kier alpha value is -1.66. The van der Waals surface area contributed by atoms with Crippen molar-refractivity contribution in [1.29, 1.82) is 0 Å². The lowest BCUT2D eigenvalue weighted by molar-refractivity contribution is -0.123. The van der Waals surface area contributed by atoms with Gasteiger partial charge in [0.25, 0.3) is 5.91 Å². The molecule has 0 aliphatic rings. The first kappa shape index (κ1) is 21.3. The van der Waals surface area contributed by atoms with Crippen molar-refractivity contribution in [3.63, 3.8) is 0 Å². The largest absolute Gasteiger partial charge is 0.353 e. The van der Waals surface area contributed by atoms with Crippen LogP contribution in [0.1, 0.15) is 36.2 Å². The Morgan fingerprint density at radius 2 is 1.87 bits per heavy atom. The van der Waals surface area contributed by atoms with Crippen LogP contribution < -0.4 is 16.4 Å². The SMILES string of the molecule is CCC(C)C(N)C(=O)NCCNC(=O)c1ccc(C)c(F)c1.Cl. The zero-order valence-electron chi connectivity index (χ0n) is 13.7. The fraction of sp³-hybridized carbons (Fsp3) is 0.500. The topological polar surface area (TPSA) is 84.2 Å². The van der Waals surface area contributed by atoms with Gasteiger partial charge in [0.2, 0.25) is 5.91 Å². The van der Waals surface area contributed by atoms with Crippen molar-refractivity contribution in [2.24, 2.45) is 11.7 Å². The number of halogens is 2. The summed E-state index contributed by atoms with van der Waals surface area (Å²) in [5.41, 5.74) is 6.54. The van der Waals surface area contributed by atoms with Crippen LogP contribution in [-0.4, -0.2) is 30.9 Å². The summed E-state index contributed by atoms with van der Waals surface area (Å²) in [6.07, 6.45) is 0.824. The molecule has 130 valence electrons. The molecule has 1 rings (SSSR count). The molecule has 23 heavy (non-hydrogen) atoms. The van der Waals surface area contributed by atoms with E-state index in [2.05, 4.69) is 10.6 Å². The first-order valence-electron chi connectivity index (χ1n) is 7.44. The second-order valence-electron chi connectivity index (χ2n) is 5.42. The van der Waals surface area contributed by atoms with Crippen LogP contribution in [0.15, 0.2) is 18.2 Å². The Balaban J connectivity index is 0.00000484.